The first kappa shape index (κ1) is 22.7. The molecule has 0 aliphatic heterocycles. The number of rotatable bonds is 8. The summed E-state index contributed by atoms with van der Waals surface area (Å²) in [4.78, 5) is 1.98. The monoisotopic (exact) mass is 466 g/mol. The van der Waals surface area contributed by atoms with Gasteiger partial charge >= 0.3 is 0 Å². The SMILES string of the molecule is CN(C)CCOc1cc(NS(=O)(=O)C2(Cl)C=CC(c3ccccc3)=CC2)ccc1Cl. The molecule has 0 bridgehead atoms. The van der Waals surface area contributed by atoms with Crippen LogP contribution in [0.4, 0.5) is 5.69 Å². The molecule has 160 valence electrons. The second-order valence-electron chi connectivity index (χ2n) is 7.25. The summed E-state index contributed by atoms with van der Waals surface area (Å²) in [5.74, 6) is 0.410. The number of hydrogen-bond acceptors (Lipinski definition) is 4. The molecule has 8 heteroatoms. The van der Waals surface area contributed by atoms with Crippen molar-refractivity contribution in [1.29, 1.82) is 0 Å². The fourth-order valence-corrected chi connectivity index (χ4v) is 4.48. The molecule has 3 rings (SSSR count). The predicted octanol–water partition coefficient (Wildman–Crippen LogP) is 5.00. The first-order valence-corrected chi connectivity index (χ1v) is 11.7. The van der Waals surface area contributed by atoms with Crippen molar-refractivity contribution >= 4 is 44.5 Å². The van der Waals surface area contributed by atoms with Gasteiger partial charge in [-0.05, 0) is 43.4 Å². The summed E-state index contributed by atoms with van der Waals surface area (Å²) < 4.78 is 32.7. The molecule has 0 heterocycles. The minimum atomic E-state index is -3.93. The number of likely N-dealkylation sites (N-methyl/N-ethyl adjacent to an activating group) is 1. The maximum atomic E-state index is 13.0. The van der Waals surface area contributed by atoms with E-state index in [0.29, 0.717) is 29.6 Å². The molecule has 30 heavy (non-hydrogen) atoms. The van der Waals surface area contributed by atoms with Gasteiger partial charge in [0.25, 0.3) is 10.0 Å². The zero-order valence-electron chi connectivity index (χ0n) is 16.8. The molecular weight excluding hydrogens is 443 g/mol. The maximum Gasteiger partial charge on any atom is 0.256 e. The van der Waals surface area contributed by atoms with Gasteiger partial charge in [0.2, 0.25) is 0 Å². The van der Waals surface area contributed by atoms with Gasteiger partial charge in [-0.15, -0.1) is 0 Å². The minimum absolute atomic E-state index is 0.143. The van der Waals surface area contributed by atoms with Crippen molar-refractivity contribution in [2.24, 2.45) is 0 Å². The van der Waals surface area contributed by atoms with Crippen LogP contribution in [0, 0.1) is 0 Å². The normalized spacial score (nSPS) is 18.9. The van der Waals surface area contributed by atoms with Crippen molar-refractivity contribution in [2.75, 3.05) is 32.0 Å². The number of alkyl halides is 1. The molecule has 0 radical (unpaired) electrons. The second kappa shape index (κ2) is 9.43. The topological polar surface area (TPSA) is 58.6 Å². The summed E-state index contributed by atoms with van der Waals surface area (Å²) in [5, 5.41) is 0.408. The molecule has 1 aliphatic carbocycles. The Morgan fingerprint density at radius 2 is 1.90 bits per heavy atom. The average Bonchev–Trinajstić information content (AvgIpc) is 2.71. The van der Waals surface area contributed by atoms with Gasteiger partial charge in [-0.1, -0.05) is 65.7 Å². The van der Waals surface area contributed by atoms with Crippen molar-refractivity contribution in [3.05, 3.63) is 77.3 Å². The summed E-state index contributed by atoms with van der Waals surface area (Å²) >= 11 is 12.7. The van der Waals surface area contributed by atoms with Crippen LogP contribution in [0.1, 0.15) is 12.0 Å². The van der Waals surface area contributed by atoms with Crippen LogP contribution < -0.4 is 9.46 Å². The van der Waals surface area contributed by atoms with E-state index in [4.69, 9.17) is 27.9 Å². The second-order valence-corrected chi connectivity index (χ2v) is 10.5. The van der Waals surface area contributed by atoms with Gasteiger partial charge in [0.1, 0.15) is 12.4 Å². The Morgan fingerprint density at radius 3 is 2.53 bits per heavy atom. The summed E-state index contributed by atoms with van der Waals surface area (Å²) in [6.07, 6.45) is 5.23. The molecule has 0 saturated heterocycles. The van der Waals surface area contributed by atoms with Gasteiger partial charge in [0.05, 0.1) is 10.7 Å². The van der Waals surface area contributed by atoms with E-state index in [1.54, 1.807) is 24.3 Å². The van der Waals surface area contributed by atoms with E-state index in [1.807, 2.05) is 55.4 Å². The van der Waals surface area contributed by atoms with E-state index >= 15 is 0 Å². The predicted molar refractivity (Wildman–Crippen MR) is 125 cm³/mol. The van der Waals surface area contributed by atoms with E-state index < -0.39 is 14.2 Å². The zero-order chi connectivity index (χ0) is 21.8. The van der Waals surface area contributed by atoms with Gasteiger partial charge in [-0.25, -0.2) is 8.42 Å². The number of nitrogens with one attached hydrogen (secondary N) is 1. The molecular formula is C22H24Cl2N2O3S. The van der Waals surface area contributed by atoms with Crippen LogP contribution in [-0.2, 0) is 10.0 Å². The summed E-state index contributed by atoms with van der Waals surface area (Å²) in [6.45, 7) is 1.14. The Hall–Kier alpha value is -1.99. The number of hydrogen-bond donors (Lipinski definition) is 1. The van der Waals surface area contributed by atoms with E-state index in [0.717, 1.165) is 11.1 Å². The summed E-state index contributed by atoms with van der Waals surface area (Å²) in [7, 11) is -0.0573. The molecule has 0 aromatic heterocycles. The molecule has 2 aromatic carbocycles. The Balaban J connectivity index is 1.74. The molecule has 1 atom stereocenters. The molecule has 0 saturated carbocycles. The van der Waals surface area contributed by atoms with Crippen molar-refractivity contribution in [3.63, 3.8) is 0 Å². The number of sulfonamides is 1. The first-order valence-electron chi connectivity index (χ1n) is 9.43. The number of allylic oxidation sites excluding steroid dienone is 3. The Labute approximate surface area is 188 Å². The first-order chi connectivity index (χ1) is 14.2. The molecule has 5 nitrogen and oxygen atoms in total. The Bertz CT molecular complexity index is 1050. The standard InChI is InChI=1S/C22H24Cl2N2O3S/c1-26(2)14-15-29-21-16-19(8-9-20(21)23)25-30(27,28)22(24)12-10-18(11-13-22)17-6-4-3-5-7-17/h3-12,16,25H,13-15H2,1-2H3. The van der Waals surface area contributed by atoms with E-state index in [9.17, 15) is 8.42 Å². The van der Waals surface area contributed by atoms with Crippen molar-refractivity contribution < 1.29 is 13.2 Å². The fraction of sp³-hybridized carbons (Fsp3) is 0.273. The highest BCUT2D eigenvalue weighted by molar-refractivity contribution is 7.95. The van der Waals surface area contributed by atoms with Crippen LogP contribution in [0.2, 0.25) is 5.02 Å². The Kier molecular flexibility index (Phi) is 7.14. The van der Waals surface area contributed by atoms with Crippen LogP contribution in [0.15, 0.2) is 66.8 Å². The molecule has 2 aromatic rings. The summed E-state index contributed by atoms with van der Waals surface area (Å²) in [5.41, 5.74) is 2.28. The fourth-order valence-electron chi connectivity index (χ4n) is 2.90. The zero-order valence-corrected chi connectivity index (χ0v) is 19.1. The quantitative estimate of drug-likeness (QED) is 0.555. The van der Waals surface area contributed by atoms with Crippen LogP contribution in [-0.4, -0.2) is 44.8 Å². The molecule has 1 aliphatic rings. The number of ether oxygens (including phenoxy) is 1. The third kappa shape index (κ3) is 5.38. The number of nitrogens with zero attached hydrogens (tertiary/aromatic N) is 1. The molecule has 0 fully saturated rings. The lowest BCUT2D eigenvalue weighted by molar-refractivity contribution is 0.261. The maximum absolute atomic E-state index is 13.0. The van der Waals surface area contributed by atoms with Crippen molar-refractivity contribution in [3.8, 4) is 5.75 Å². The van der Waals surface area contributed by atoms with Crippen LogP contribution >= 0.6 is 23.2 Å². The largest absolute Gasteiger partial charge is 0.491 e. The number of benzene rings is 2. The lowest BCUT2D eigenvalue weighted by Gasteiger charge is -2.26. The average molecular weight is 467 g/mol. The lowest BCUT2D eigenvalue weighted by Crippen LogP contribution is -2.36. The van der Waals surface area contributed by atoms with Crippen LogP contribution in [0.5, 0.6) is 5.75 Å². The van der Waals surface area contributed by atoms with E-state index in [1.165, 1.54) is 6.08 Å². The number of halogens is 2. The molecule has 0 amide bonds. The minimum Gasteiger partial charge on any atom is -0.491 e. The summed E-state index contributed by atoms with van der Waals surface area (Å²) in [6, 6.07) is 14.5. The van der Waals surface area contributed by atoms with Gasteiger partial charge in [0, 0.05) is 19.0 Å². The molecule has 0 spiro atoms. The highest BCUT2D eigenvalue weighted by Gasteiger charge is 2.40. The van der Waals surface area contributed by atoms with E-state index in [-0.39, 0.29) is 6.42 Å². The van der Waals surface area contributed by atoms with Gasteiger partial charge in [-0.3, -0.25) is 4.72 Å². The lowest BCUT2D eigenvalue weighted by atomic mass is 9.99. The van der Waals surface area contributed by atoms with Gasteiger partial charge in [0.15, 0.2) is 4.21 Å². The smallest absolute Gasteiger partial charge is 0.256 e. The van der Waals surface area contributed by atoms with Crippen LogP contribution in [0.3, 0.4) is 0 Å². The molecule has 1 unspecified atom stereocenters. The third-order valence-electron chi connectivity index (χ3n) is 4.65. The van der Waals surface area contributed by atoms with E-state index in [2.05, 4.69) is 4.72 Å². The highest BCUT2D eigenvalue weighted by atomic mass is 35.5. The van der Waals surface area contributed by atoms with Crippen molar-refractivity contribution in [1.82, 2.24) is 4.90 Å². The molecule has 1 N–H and O–H groups in total. The van der Waals surface area contributed by atoms with Gasteiger partial charge < -0.3 is 9.64 Å². The highest BCUT2D eigenvalue weighted by Crippen LogP contribution is 2.37. The van der Waals surface area contributed by atoms with Crippen LogP contribution in [0.25, 0.3) is 5.57 Å². The van der Waals surface area contributed by atoms with Gasteiger partial charge in [-0.2, -0.15) is 0 Å². The number of anilines is 1. The third-order valence-corrected chi connectivity index (χ3v) is 7.55. The van der Waals surface area contributed by atoms with Crippen molar-refractivity contribution in [2.45, 2.75) is 10.6 Å². The Morgan fingerprint density at radius 1 is 1.17 bits per heavy atom.